The van der Waals surface area contributed by atoms with E-state index in [2.05, 4.69) is 32.5 Å². The van der Waals surface area contributed by atoms with Gasteiger partial charge in [0, 0.05) is 87.4 Å². The fourth-order valence-corrected chi connectivity index (χ4v) is 8.23. The third-order valence-electron chi connectivity index (χ3n) is 11.0. The second-order valence-corrected chi connectivity index (χ2v) is 14.2. The Morgan fingerprint density at radius 2 is 1.94 bits per heavy atom. The van der Waals surface area contributed by atoms with Crippen molar-refractivity contribution in [2.45, 2.75) is 70.4 Å². The number of hydrazine groups is 1. The smallest absolute Gasteiger partial charge is 0.302 e. The fraction of sp³-hybridized carbons (Fsp3) is 0.486. The molecule has 15 heteroatoms. The number of amides is 2. The molecule has 0 saturated carbocycles. The van der Waals surface area contributed by atoms with Crippen LogP contribution in [0.25, 0.3) is 0 Å². The van der Waals surface area contributed by atoms with Gasteiger partial charge >= 0.3 is 5.97 Å². The minimum atomic E-state index is -1.29. The highest BCUT2D eigenvalue weighted by atomic mass is 19.1. The second-order valence-electron chi connectivity index (χ2n) is 14.2. The summed E-state index contributed by atoms with van der Waals surface area (Å²) in [5.74, 6) is -0.998. The lowest BCUT2D eigenvalue weighted by Gasteiger charge is -2.46. The van der Waals surface area contributed by atoms with E-state index in [1.165, 1.54) is 22.9 Å². The van der Waals surface area contributed by atoms with Gasteiger partial charge in [-0.2, -0.15) is 5.43 Å². The zero-order valence-corrected chi connectivity index (χ0v) is 29.7. The Balaban J connectivity index is 1.14. The first-order chi connectivity index (χ1) is 25.1. The highest BCUT2D eigenvalue weighted by molar-refractivity contribution is 6.06. The average Bonchev–Trinajstić information content (AvgIpc) is 3.41. The van der Waals surface area contributed by atoms with Crippen LogP contribution < -0.4 is 20.5 Å². The monoisotopic (exact) mass is 713 g/mol. The van der Waals surface area contributed by atoms with Crippen LogP contribution >= 0.6 is 0 Å². The van der Waals surface area contributed by atoms with Crippen LogP contribution in [0.3, 0.4) is 0 Å². The molecule has 0 bridgehead atoms. The molecular formula is C37H44FN9O5. The summed E-state index contributed by atoms with van der Waals surface area (Å²) in [7, 11) is 1.61. The van der Waals surface area contributed by atoms with Crippen LogP contribution in [0.5, 0.6) is 0 Å². The van der Waals surface area contributed by atoms with Crippen LogP contribution in [-0.4, -0.2) is 101 Å². The predicted molar refractivity (Wildman–Crippen MR) is 190 cm³/mol. The molecule has 4 aliphatic heterocycles. The van der Waals surface area contributed by atoms with E-state index in [4.69, 9.17) is 14.5 Å². The number of fused-ring (bicyclic) bond motifs is 3. The first-order valence-electron chi connectivity index (χ1n) is 18.0. The number of anilines is 3. The van der Waals surface area contributed by atoms with Crippen molar-refractivity contribution in [3.8, 4) is 0 Å². The van der Waals surface area contributed by atoms with Crippen molar-refractivity contribution >= 4 is 35.1 Å². The summed E-state index contributed by atoms with van der Waals surface area (Å²) in [6.45, 7) is 8.32. The minimum Gasteiger partial charge on any atom is -0.461 e. The number of carbonyl (C=O) groups is 3. The van der Waals surface area contributed by atoms with Gasteiger partial charge in [-0.05, 0) is 56.9 Å². The molecule has 0 radical (unpaired) electrons. The number of nitrogens with one attached hydrogen (secondary N) is 2. The van der Waals surface area contributed by atoms with Crippen molar-refractivity contribution in [1.29, 1.82) is 0 Å². The van der Waals surface area contributed by atoms with E-state index in [9.17, 15) is 14.4 Å². The van der Waals surface area contributed by atoms with Crippen molar-refractivity contribution in [2.24, 2.45) is 0 Å². The molecule has 5 aliphatic rings. The van der Waals surface area contributed by atoms with Crippen molar-refractivity contribution in [3.05, 3.63) is 76.6 Å². The van der Waals surface area contributed by atoms with Crippen LogP contribution in [-0.2, 0) is 50.7 Å². The largest absolute Gasteiger partial charge is 0.461 e. The van der Waals surface area contributed by atoms with Crippen LogP contribution in [0, 0.1) is 5.82 Å². The Kier molecular flexibility index (Phi) is 8.96. The first kappa shape index (κ1) is 34.2. The Morgan fingerprint density at radius 1 is 1.12 bits per heavy atom. The summed E-state index contributed by atoms with van der Waals surface area (Å²) in [6, 6.07) is 6.45. The van der Waals surface area contributed by atoms with E-state index in [-0.39, 0.29) is 30.6 Å². The van der Waals surface area contributed by atoms with E-state index >= 15 is 4.39 Å². The summed E-state index contributed by atoms with van der Waals surface area (Å²) in [5.41, 5.74) is 5.50. The minimum absolute atomic E-state index is 0.0368. The average molecular weight is 714 g/mol. The van der Waals surface area contributed by atoms with E-state index in [0.717, 1.165) is 63.5 Å². The highest BCUT2D eigenvalue weighted by Crippen LogP contribution is 2.38. The maximum atomic E-state index is 15.8. The van der Waals surface area contributed by atoms with Crippen molar-refractivity contribution < 1.29 is 28.2 Å². The molecule has 2 saturated heterocycles. The molecule has 2 fully saturated rings. The molecule has 14 nitrogen and oxygen atoms in total. The maximum Gasteiger partial charge on any atom is 0.302 e. The van der Waals surface area contributed by atoms with Gasteiger partial charge in [0.05, 0.1) is 31.1 Å². The summed E-state index contributed by atoms with van der Waals surface area (Å²) >= 11 is 0. The zero-order valence-electron chi connectivity index (χ0n) is 29.7. The van der Waals surface area contributed by atoms with Crippen LogP contribution in [0.1, 0.15) is 59.6 Å². The molecule has 2 amide bonds. The Morgan fingerprint density at radius 3 is 2.65 bits per heavy atom. The van der Waals surface area contributed by atoms with Crippen LogP contribution in [0.4, 0.5) is 21.7 Å². The summed E-state index contributed by atoms with van der Waals surface area (Å²) in [4.78, 5) is 54.8. The lowest BCUT2D eigenvalue weighted by atomic mass is 9.93. The van der Waals surface area contributed by atoms with E-state index < -0.39 is 23.4 Å². The molecule has 52 heavy (non-hydrogen) atoms. The molecule has 0 aromatic carbocycles. The number of esters is 1. The molecule has 7 heterocycles. The Bertz CT molecular complexity index is 1930. The molecular weight excluding hydrogens is 669 g/mol. The van der Waals surface area contributed by atoms with Gasteiger partial charge in [0.25, 0.3) is 11.8 Å². The summed E-state index contributed by atoms with van der Waals surface area (Å²) in [5, 5.41) is 4.84. The number of likely N-dealkylation sites (N-methyl/N-ethyl adjacent to an activating group) is 1. The number of ether oxygens (including phenoxy) is 2. The van der Waals surface area contributed by atoms with Crippen molar-refractivity contribution in [2.75, 3.05) is 61.6 Å². The molecule has 274 valence electrons. The van der Waals surface area contributed by atoms with Gasteiger partial charge in [-0.3, -0.25) is 29.2 Å². The van der Waals surface area contributed by atoms with Crippen molar-refractivity contribution in [3.63, 3.8) is 0 Å². The van der Waals surface area contributed by atoms with Gasteiger partial charge in [0.1, 0.15) is 23.9 Å². The summed E-state index contributed by atoms with van der Waals surface area (Å²) in [6.07, 6.45) is 9.73. The number of hydrogen-bond acceptors (Lipinski definition) is 11. The second kappa shape index (κ2) is 13.6. The fourth-order valence-electron chi connectivity index (χ4n) is 8.23. The molecule has 1 aliphatic carbocycles. The topological polar surface area (TPSA) is 137 Å². The van der Waals surface area contributed by atoms with Gasteiger partial charge in [0.15, 0.2) is 11.5 Å². The number of carbonyl (C=O) groups excluding carboxylic acids is 3. The molecule has 2 atom stereocenters. The predicted octanol–water partition coefficient (Wildman–Crippen LogP) is 2.73. The number of nitrogens with zero attached hydrogens (tertiary/aromatic N) is 7. The van der Waals surface area contributed by atoms with Gasteiger partial charge in [-0.15, -0.1) is 0 Å². The Hall–Kier alpha value is -4.86. The number of halogens is 1. The number of aromatic nitrogens is 3. The molecule has 0 spiro atoms. The van der Waals surface area contributed by atoms with E-state index in [1.54, 1.807) is 25.4 Å². The lowest BCUT2D eigenvalue weighted by Crippen LogP contribution is -2.59. The lowest BCUT2D eigenvalue weighted by molar-refractivity contribution is -0.142. The molecule has 1 unspecified atom stereocenters. The highest BCUT2D eigenvalue weighted by Gasteiger charge is 2.41. The molecule has 2 N–H and O–H groups in total. The normalized spacial score (nSPS) is 23.7. The van der Waals surface area contributed by atoms with Gasteiger partial charge in [-0.25, -0.2) is 14.4 Å². The zero-order chi connectivity index (χ0) is 36.1. The van der Waals surface area contributed by atoms with Crippen molar-refractivity contribution in [1.82, 2.24) is 29.9 Å². The maximum absolute atomic E-state index is 15.8. The first-order valence-corrected chi connectivity index (χ1v) is 18.0. The molecule has 3 aromatic rings. The van der Waals surface area contributed by atoms with Crippen LogP contribution in [0.15, 0.2) is 42.7 Å². The molecule has 8 rings (SSSR count). The van der Waals surface area contributed by atoms with Gasteiger partial charge in [0.2, 0.25) is 0 Å². The Labute approximate surface area is 301 Å². The molecule has 3 aromatic heterocycles. The van der Waals surface area contributed by atoms with Gasteiger partial charge in [-0.1, -0.05) is 0 Å². The SMILES string of the molecule is CC(=O)OCc1c([C@]2(Nc3ccc(N4CCN(C5COC5)CC4C)cn3)C=CC(=O)N(C)N2)ccnc1N1CCn2c3c(c(F)c2C1=O)CCCC3. The third kappa shape index (κ3) is 5.99. The standard InChI is InChI=1S/C37H44FN9O5/c1-23-19-44(26-20-51-21-26)14-15-45(23)25-8-9-31(40-18-25)41-37(12-10-32(49)43(3)42-37)29-11-13-39-35(28(29)22-52-24(2)48)47-17-16-46-30-7-5-4-6-27(30)33(38)34(46)36(47)50/h8-13,18,23,26,42H,4-7,14-17,19-22H2,1-3H3,(H,40,41)/t23?,37-/m0/s1. The third-order valence-corrected chi connectivity index (χ3v) is 11.0. The van der Waals surface area contributed by atoms with Crippen LogP contribution in [0.2, 0.25) is 0 Å². The van der Waals surface area contributed by atoms with Gasteiger partial charge < -0.3 is 24.3 Å². The number of rotatable bonds is 8. The van der Waals surface area contributed by atoms with E-state index in [1.807, 2.05) is 22.9 Å². The summed E-state index contributed by atoms with van der Waals surface area (Å²) < 4.78 is 28.6. The number of piperazine rings is 1. The number of hydrogen-bond donors (Lipinski definition) is 2. The number of pyridine rings is 2. The quantitative estimate of drug-likeness (QED) is 0.334. The van der Waals surface area contributed by atoms with E-state index in [0.29, 0.717) is 47.6 Å².